The second-order valence-corrected chi connectivity index (χ2v) is 5.03. The van der Waals surface area contributed by atoms with Crippen LogP contribution < -0.4 is 10.5 Å². The van der Waals surface area contributed by atoms with Gasteiger partial charge in [-0.15, -0.1) is 0 Å². The van der Waals surface area contributed by atoms with Crippen LogP contribution in [0.3, 0.4) is 0 Å². The molecule has 17 heavy (non-hydrogen) atoms. The fraction of sp³-hybridized carbons (Fsp3) is 0.538. The number of aromatic hydroxyl groups is 1. The molecule has 1 fully saturated rings. The lowest BCUT2D eigenvalue weighted by Crippen LogP contribution is -2.19. The van der Waals surface area contributed by atoms with Gasteiger partial charge in [0.25, 0.3) is 0 Å². The Bertz CT molecular complexity index is 403. The number of benzene rings is 1. The van der Waals surface area contributed by atoms with Gasteiger partial charge in [-0.3, -0.25) is 0 Å². The molecule has 1 atom stereocenters. The molecule has 0 aliphatic heterocycles. The third kappa shape index (κ3) is 2.50. The molecule has 0 bridgehead atoms. The summed E-state index contributed by atoms with van der Waals surface area (Å²) in [5, 5.41) is 9.97. The van der Waals surface area contributed by atoms with E-state index >= 15 is 0 Å². The number of phenolic OH excluding ortho intramolecular Hbond substituents is 1. The van der Waals surface area contributed by atoms with Crippen molar-refractivity contribution < 1.29 is 9.84 Å². The van der Waals surface area contributed by atoms with Gasteiger partial charge < -0.3 is 15.6 Å². The van der Waals surface area contributed by atoms with Crippen molar-refractivity contribution in [3.05, 3.63) is 22.7 Å². The summed E-state index contributed by atoms with van der Waals surface area (Å²) in [5.74, 6) is 0.887. The molecule has 2 rings (SSSR count). The molecular formula is C13H18ClNO2. The number of rotatable bonds is 3. The summed E-state index contributed by atoms with van der Waals surface area (Å²) in [6, 6.07) is 3.50. The van der Waals surface area contributed by atoms with E-state index in [0.717, 1.165) is 5.56 Å². The minimum atomic E-state index is -0.0236. The van der Waals surface area contributed by atoms with E-state index in [1.165, 1.54) is 32.8 Å². The van der Waals surface area contributed by atoms with Gasteiger partial charge in [-0.2, -0.15) is 0 Å². The zero-order chi connectivity index (χ0) is 12.4. The van der Waals surface area contributed by atoms with Gasteiger partial charge in [0.05, 0.1) is 12.1 Å². The molecule has 1 saturated carbocycles. The predicted octanol–water partition coefficient (Wildman–Crippen LogP) is 3.24. The third-order valence-electron chi connectivity index (χ3n) is 3.56. The summed E-state index contributed by atoms with van der Waals surface area (Å²) >= 11 is 5.96. The van der Waals surface area contributed by atoms with Gasteiger partial charge in [-0.1, -0.05) is 24.4 Å². The molecule has 1 aromatic carbocycles. The normalized spacial score (nSPS) is 18.3. The van der Waals surface area contributed by atoms with Crippen molar-refractivity contribution in [2.45, 2.75) is 31.7 Å². The fourth-order valence-corrected chi connectivity index (χ4v) is 2.75. The van der Waals surface area contributed by atoms with Crippen molar-refractivity contribution in [3.63, 3.8) is 0 Å². The Morgan fingerprint density at radius 3 is 2.65 bits per heavy atom. The lowest BCUT2D eigenvalue weighted by atomic mass is 9.92. The molecule has 1 aliphatic carbocycles. The first-order chi connectivity index (χ1) is 8.13. The highest BCUT2D eigenvalue weighted by atomic mass is 35.5. The molecule has 0 heterocycles. The van der Waals surface area contributed by atoms with Crippen molar-refractivity contribution >= 4 is 11.6 Å². The molecule has 0 spiro atoms. The summed E-state index contributed by atoms with van der Waals surface area (Å²) in [4.78, 5) is 0. The van der Waals surface area contributed by atoms with Crippen molar-refractivity contribution in [1.82, 2.24) is 0 Å². The minimum Gasteiger partial charge on any atom is -0.503 e. The van der Waals surface area contributed by atoms with E-state index in [1.807, 2.05) is 0 Å². The summed E-state index contributed by atoms with van der Waals surface area (Å²) < 4.78 is 5.09. The average Bonchev–Trinajstić information content (AvgIpc) is 2.85. The number of phenols is 1. The Balaban J connectivity index is 2.28. The van der Waals surface area contributed by atoms with E-state index in [0.29, 0.717) is 16.7 Å². The van der Waals surface area contributed by atoms with Crippen molar-refractivity contribution in [1.29, 1.82) is 0 Å². The van der Waals surface area contributed by atoms with Gasteiger partial charge >= 0.3 is 0 Å². The van der Waals surface area contributed by atoms with Crippen LogP contribution in [0.4, 0.5) is 0 Å². The number of nitrogens with two attached hydrogens (primary N) is 1. The van der Waals surface area contributed by atoms with Gasteiger partial charge in [0.15, 0.2) is 11.5 Å². The highest BCUT2D eigenvalue weighted by Gasteiger charge is 2.24. The number of ether oxygens (including phenoxy) is 1. The van der Waals surface area contributed by atoms with Crippen molar-refractivity contribution in [2.24, 2.45) is 11.7 Å². The maximum Gasteiger partial charge on any atom is 0.176 e. The Labute approximate surface area is 107 Å². The number of halogens is 1. The van der Waals surface area contributed by atoms with Gasteiger partial charge in [-0.25, -0.2) is 0 Å². The van der Waals surface area contributed by atoms with Gasteiger partial charge in [0.2, 0.25) is 0 Å². The molecule has 4 heteroatoms. The summed E-state index contributed by atoms with van der Waals surface area (Å²) in [5.41, 5.74) is 7.19. The van der Waals surface area contributed by atoms with Crippen LogP contribution in [0.1, 0.15) is 37.3 Å². The van der Waals surface area contributed by atoms with Crippen LogP contribution >= 0.6 is 11.6 Å². The van der Waals surface area contributed by atoms with E-state index in [4.69, 9.17) is 22.1 Å². The van der Waals surface area contributed by atoms with Crippen molar-refractivity contribution in [3.8, 4) is 11.5 Å². The zero-order valence-electron chi connectivity index (χ0n) is 9.95. The SMILES string of the molecule is COc1cc([C@@H](N)C2CCCC2)cc(Cl)c1O. The Morgan fingerprint density at radius 1 is 1.41 bits per heavy atom. The largest absolute Gasteiger partial charge is 0.503 e. The fourth-order valence-electron chi connectivity index (χ4n) is 2.53. The molecule has 1 aromatic rings. The van der Waals surface area contributed by atoms with Crippen LogP contribution in [0.15, 0.2) is 12.1 Å². The standard InChI is InChI=1S/C13H18ClNO2/c1-17-11-7-9(6-10(14)13(11)16)12(15)8-4-2-3-5-8/h6-8,12,16H,2-5,15H2,1H3/t12-/m0/s1. The van der Waals surface area contributed by atoms with Crippen LogP contribution in [0, 0.1) is 5.92 Å². The Hall–Kier alpha value is -0.930. The topological polar surface area (TPSA) is 55.5 Å². The highest BCUT2D eigenvalue weighted by molar-refractivity contribution is 6.32. The molecule has 0 radical (unpaired) electrons. The maximum absolute atomic E-state index is 9.67. The number of hydrogen-bond acceptors (Lipinski definition) is 3. The quantitative estimate of drug-likeness (QED) is 0.872. The van der Waals surface area contributed by atoms with Crippen LogP contribution in [0.2, 0.25) is 5.02 Å². The van der Waals surface area contributed by atoms with Crippen molar-refractivity contribution in [2.75, 3.05) is 7.11 Å². The predicted molar refractivity (Wildman–Crippen MR) is 68.6 cm³/mol. The molecular weight excluding hydrogens is 238 g/mol. The first-order valence-electron chi connectivity index (χ1n) is 5.95. The smallest absolute Gasteiger partial charge is 0.176 e. The second-order valence-electron chi connectivity index (χ2n) is 4.62. The van der Waals surface area contributed by atoms with Crippen LogP contribution in [-0.2, 0) is 0 Å². The lowest BCUT2D eigenvalue weighted by molar-refractivity contribution is 0.370. The first-order valence-corrected chi connectivity index (χ1v) is 6.33. The van der Waals surface area contributed by atoms with E-state index in [2.05, 4.69) is 0 Å². The Kier molecular flexibility index (Phi) is 3.79. The first kappa shape index (κ1) is 12.5. The summed E-state index contributed by atoms with van der Waals surface area (Å²) in [6.07, 6.45) is 4.84. The molecule has 3 N–H and O–H groups in total. The van der Waals surface area contributed by atoms with Gasteiger partial charge in [-0.05, 0) is 36.5 Å². The van der Waals surface area contributed by atoms with E-state index < -0.39 is 0 Å². The van der Waals surface area contributed by atoms with E-state index in [1.54, 1.807) is 12.1 Å². The van der Waals surface area contributed by atoms with Gasteiger partial charge in [0, 0.05) is 6.04 Å². The van der Waals surface area contributed by atoms with Crippen LogP contribution in [0.5, 0.6) is 11.5 Å². The third-order valence-corrected chi connectivity index (χ3v) is 3.85. The van der Waals surface area contributed by atoms with Gasteiger partial charge in [0.1, 0.15) is 0 Å². The monoisotopic (exact) mass is 255 g/mol. The highest BCUT2D eigenvalue weighted by Crippen LogP contribution is 2.40. The molecule has 3 nitrogen and oxygen atoms in total. The Morgan fingerprint density at radius 2 is 2.06 bits per heavy atom. The summed E-state index contributed by atoms with van der Waals surface area (Å²) in [7, 11) is 1.51. The number of methoxy groups -OCH3 is 1. The molecule has 0 saturated heterocycles. The zero-order valence-corrected chi connectivity index (χ0v) is 10.7. The van der Waals surface area contributed by atoms with Crippen LogP contribution in [-0.4, -0.2) is 12.2 Å². The number of hydrogen-bond donors (Lipinski definition) is 2. The molecule has 94 valence electrons. The maximum atomic E-state index is 9.67. The second kappa shape index (κ2) is 5.15. The molecule has 0 aromatic heterocycles. The lowest BCUT2D eigenvalue weighted by Gasteiger charge is -2.20. The minimum absolute atomic E-state index is 0.0171. The molecule has 0 unspecified atom stereocenters. The van der Waals surface area contributed by atoms with E-state index in [9.17, 15) is 5.11 Å². The molecule has 0 amide bonds. The average molecular weight is 256 g/mol. The van der Waals surface area contributed by atoms with Crippen LogP contribution in [0.25, 0.3) is 0 Å². The van der Waals surface area contributed by atoms with E-state index in [-0.39, 0.29) is 11.8 Å². The summed E-state index contributed by atoms with van der Waals surface area (Å²) in [6.45, 7) is 0. The molecule has 1 aliphatic rings.